The highest BCUT2D eigenvalue weighted by Crippen LogP contribution is 2.32. The molecule has 0 bridgehead atoms. The van der Waals surface area contributed by atoms with Gasteiger partial charge in [-0.2, -0.15) is 4.31 Å². The van der Waals surface area contributed by atoms with Gasteiger partial charge in [-0.05, 0) is 43.5 Å². The maximum atomic E-state index is 13.3. The number of piperidine rings is 1. The molecule has 0 aliphatic carbocycles. The summed E-state index contributed by atoms with van der Waals surface area (Å²) >= 11 is 0. The smallest absolute Gasteiger partial charge is 0.243 e. The Kier molecular flexibility index (Phi) is 6.95. The summed E-state index contributed by atoms with van der Waals surface area (Å²) in [6.45, 7) is 1.93. The number of Topliss-reactive ketones (excluding diaryl/α,β-unsaturated/α-hetero) is 1. The number of sulfonamides is 1. The van der Waals surface area contributed by atoms with Crippen molar-refractivity contribution in [3.63, 3.8) is 0 Å². The summed E-state index contributed by atoms with van der Waals surface area (Å²) in [7, 11) is -1.95. The van der Waals surface area contributed by atoms with Gasteiger partial charge in [0.05, 0.1) is 10.6 Å². The minimum atomic E-state index is -3.73. The van der Waals surface area contributed by atoms with E-state index >= 15 is 0 Å². The van der Waals surface area contributed by atoms with Crippen molar-refractivity contribution in [2.75, 3.05) is 25.0 Å². The number of carbonyl (C=O) groups excluding carboxylic acids is 2. The maximum Gasteiger partial charge on any atom is 0.243 e. The van der Waals surface area contributed by atoms with Crippen LogP contribution in [0.1, 0.15) is 30.1 Å². The quantitative estimate of drug-likeness (QED) is 0.487. The lowest BCUT2D eigenvalue weighted by molar-refractivity contribution is -0.123. The molecule has 3 aromatic carbocycles. The molecule has 1 saturated heterocycles. The molecule has 1 amide bonds. The molecule has 3 aromatic rings. The highest BCUT2D eigenvalue weighted by Gasteiger charge is 2.34. The minimum absolute atomic E-state index is 0.0148. The van der Waals surface area contributed by atoms with Gasteiger partial charge in [0, 0.05) is 37.2 Å². The predicted molar refractivity (Wildman–Crippen MR) is 133 cm³/mol. The van der Waals surface area contributed by atoms with E-state index in [1.807, 2.05) is 54.6 Å². The second-order valence-corrected chi connectivity index (χ2v) is 10.5. The number of ketones is 1. The van der Waals surface area contributed by atoms with Crippen LogP contribution in [0.2, 0.25) is 0 Å². The van der Waals surface area contributed by atoms with Crippen LogP contribution >= 0.6 is 0 Å². The molecule has 6 nitrogen and oxygen atoms in total. The van der Waals surface area contributed by atoms with Crippen LogP contribution in [0.3, 0.4) is 0 Å². The third kappa shape index (κ3) is 4.81. The molecular formula is C27H28N2O4S. The minimum Gasteiger partial charge on any atom is -0.315 e. The first-order valence-electron chi connectivity index (χ1n) is 11.3. The van der Waals surface area contributed by atoms with Crippen LogP contribution in [-0.4, -0.2) is 44.6 Å². The van der Waals surface area contributed by atoms with Crippen LogP contribution in [0.4, 0.5) is 5.69 Å². The first-order valence-corrected chi connectivity index (χ1v) is 12.8. The molecule has 0 N–H and O–H groups in total. The van der Waals surface area contributed by atoms with Gasteiger partial charge < -0.3 is 4.90 Å². The standard InChI is InChI=1S/C27H28N2O4S/c1-20(30)23-11-8-12-24(19-23)34(32,33)29-17-15-22(16-18-29)27(31)28(2)26-14-7-6-13-25(26)21-9-4-3-5-10-21/h3-14,19,22H,15-18H2,1-2H3. The van der Waals surface area contributed by atoms with Gasteiger partial charge in [0.25, 0.3) is 0 Å². The second-order valence-electron chi connectivity index (χ2n) is 8.54. The van der Waals surface area contributed by atoms with Crippen LogP contribution in [0.5, 0.6) is 0 Å². The molecule has 0 atom stereocenters. The lowest BCUT2D eigenvalue weighted by atomic mass is 9.95. The molecular weight excluding hydrogens is 448 g/mol. The van der Waals surface area contributed by atoms with Gasteiger partial charge in [0.1, 0.15) is 0 Å². The second kappa shape index (κ2) is 9.91. The normalized spacial score (nSPS) is 15.1. The highest BCUT2D eigenvalue weighted by molar-refractivity contribution is 7.89. The Morgan fingerprint density at radius 3 is 2.21 bits per heavy atom. The number of carbonyl (C=O) groups is 2. The van der Waals surface area contributed by atoms with Gasteiger partial charge in [-0.1, -0.05) is 60.7 Å². The summed E-state index contributed by atoms with van der Waals surface area (Å²) in [5, 5.41) is 0. The van der Waals surface area contributed by atoms with E-state index < -0.39 is 10.0 Å². The Bertz CT molecular complexity index is 1300. The molecule has 0 saturated carbocycles. The molecule has 7 heteroatoms. The van der Waals surface area contributed by atoms with E-state index in [9.17, 15) is 18.0 Å². The summed E-state index contributed by atoms with van der Waals surface area (Å²) in [5.74, 6) is -0.456. The van der Waals surface area contributed by atoms with E-state index in [1.54, 1.807) is 24.1 Å². The van der Waals surface area contributed by atoms with Crippen molar-refractivity contribution in [2.24, 2.45) is 5.92 Å². The van der Waals surface area contributed by atoms with E-state index in [1.165, 1.54) is 23.4 Å². The molecule has 0 unspecified atom stereocenters. The van der Waals surface area contributed by atoms with E-state index in [-0.39, 0.29) is 35.6 Å². The SMILES string of the molecule is CC(=O)c1cccc(S(=O)(=O)N2CCC(C(=O)N(C)c3ccccc3-c3ccccc3)CC2)c1. The average Bonchev–Trinajstić information content (AvgIpc) is 2.88. The molecule has 176 valence electrons. The average molecular weight is 477 g/mol. The topological polar surface area (TPSA) is 74.8 Å². The van der Waals surface area contributed by atoms with Gasteiger partial charge in [-0.15, -0.1) is 0 Å². The van der Waals surface area contributed by atoms with Gasteiger partial charge in [-0.3, -0.25) is 9.59 Å². The number of nitrogens with zero attached hydrogens (tertiary/aromatic N) is 2. The zero-order chi connectivity index (χ0) is 24.3. The fraction of sp³-hybridized carbons (Fsp3) is 0.259. The van der Waals surface area contributed by atoms with Gasteiger partial charge >= 0.3 is 0 Å². The monoisotopic (exact) mass is 476 g/mol. The van der Waals surface area contributed by atoms with Crippen LogP contribution in [0.25, 0.3) is 11.1 Å². The molecule has 1 aliphatic rings. The Labute approximate surface area is 200 Å². The number of amides is 1. The van der Waals surface area contributed by atoms with Gasteiger partial charge in [-0.25, -0.2) is 8.42 Å². The first kappa shape index (κ1) is 23.9. The number of rotatable bonds is 6. The summed E-state index contributed by atoms with van der Waals surface area (Å²) < 4.78 is 27.6. The fourth-order valence-electron chi connectivity index (χ4n) is 4.39. The zero-order valence-corrected chi connectivity index (χ0v) is 20.2. The van der Waals surface area contributed by atoms with Crippen molar-refractivity contribution in [3.8, 4) is 11.1 Å². The van der Waals surface area contributed by atoms with Crippen molar-refractivity contribution in [2.45, 2.75) is 24.7 Å². The summed E-state index contributed by atoms with van der Waals surface area (Å²) in [4.78, 5) is 26.8. The summed E-state index contributed by atoms with van der Waals surface area (Å²) in [6.07, 6.45) is 0.893. The lowest BCUT2D eigenvalue weighted by Gasteiger charge is -2.33. The van der Waals surface area contributed by atoms with Gasteiger partial charge in [0.15, 0.2) is 5.78 Å². The predicted octanol–water partition coefficient (Wildman–Crippen LogP) is 4.62. The first-order chi connectivity index (χ1) is 16.3. The summed E-state index contributed by atoms with van der Waals surface area (Å²) in [6, 6.07) is 23.8. The fourth-order valence-corrected chi connectivity index (χ4v) is 5.90. The highest BCUT2D eigenvalue weighted by atomic mass is 32.2. The van der Waals surface area contributed by atoms with Crippen LogP contribution in [0.15, 0.2) is 83.8 Å². The Balaban J connectivity index is 1.47. The zero-order valence-electron chi connectivity index (χ0n) is 19.3. The molecule has 4 rings (SSSR count). The van der Waals surface area contributed by atoms with E-state index in [2.05, 4.69) is 0 Å². The van der Waals surface area contributed by atoms with E-state index in [0.29, 0.717) is 18.4 Å². The Morgan fingerprint density at radius 2 is 1.53 bits per heavy atom. The number of hydrogen-bond acceptors (Lipinski definition) is 4. The Morgan fingerprint density at radius 1 is 0.882 bits per heavy atom. The van der Waals surface area contributed by atoms with Crippen LogP contribution < -0.4 is 4.90 Å². The van der Waals surface area contributed by atoms with Crippen LogP contribution in [-0.2, 0) is 14.8 Å². The third-order valence-corrected chi connectivity index (χ3v) is 8.26. The molecule has 34 heavy (non-hydrogen) atoms. The van der Waals surface area contributed by atoms with Crippen molar-refractivity contribution in [3.05, 3.63) is 84.4 Å². The number of benzene rings is 3. The largest absolute Gasteiger partial charge is 0.315 e. The van der Waals surface area contributed by atoms with Crippen molar-refractivity contribution >= 4 is 27.4 Å². The lowest BCUT2D eigenvalue weighted by Crippen LogP contribution is -2.43. The molecule has 0 radical (unpaired) electrons. The maximum absolute atomic E-state index is 13.3. The Hall–Kier alpha value is -3.29. The van der Waals surface area contributed by atoms with Crippen molar-refractivity contribution < 1.29 is 18.0 Å². The summed E-state index contributed by atoms with van der Waals surface area (Å²) in [5.41, 5.74) is 3.20. The van der Waals surface area contributed by atoms with Gasteiger partial charge in [0.2, 0.25) is 15.9 Å². The third-order valence-electron chi connectivity index (χ3n) is 6.36. The van der Waals surface area contributed by atoms with Crippen LogP contribution in [0, 0.1) is 5.92 Å². The number of anilines is 1. The molecule has 0 spiro atoms. The molecule has 1 heterocycles. The molecule has 0 aromatic heterocycles. The van der Waals surface area contributed by atoms with Crippen molar-refractivity contribution in [1.29, 1.82) is 0 Å². The molecule has 1 aliphatic heterocycles. The van der Waals surface area contributed by atoms with Crippen molar-refractivity contribution in [1.82, 2.24) is 4.31 Å². The van der Waals surface area contributed by atoms with E-state index in [0.717, 1.165) is 16.8 Å². The number of hydrogen-bond donors (Lipinski definition) is 0. The number of para-hydroxylation sites is 1. The van der Waals surface area contributed by atoms with E-state index in [4.69, 9.17) is 0 Å². The molecule has 1 fully saturated rings.